The van der Waals surface area contributed by atoms with Crippen molar-refractivity contribution in [2.75, 3.05) is 0 Å². The van der Waals surface area contributed by atoms with Gasteiger partial charge < -0.3 is 5.32 Å². The lowest BCUT2D eigenvalue weighted by Crippen LogP contribution is -2.31. The summed E-state index contributed by atoms with van der Waals surface area (Å²) in [5.74, 6) is 0.146. The molecule has 0 bridgehead atoms. The fourth-order valence-corrected chi connectivity index (χ4v) is 2.95. The van der Waals surface area contributed by atoms with Crippen LogP contribution in [0.2, 0.25) is 0 Å². The Morgan fingerprint density at radius 3 is 3.16 bits per heavy atom. The van der Waals surface area contributed by atoms with E-state index >= 15 is 0 Å². The molecule has 6 heteroatoms. The van der Waals surface area contributed by atoms with Gasteiger partial charge in [-0.25, -0.2) is 9.97 Å². The molecule has 0 spiro atoms. The minimum absolute atomic E-state index is 0.146. The number of hydrogen-bond donors (Lipinski definition) is 1. The van der Waals surface area contributed by atoms with Crippen molar-refractivity contribution >= 4 is 21.6 Å². The van der Waals surface area contributed by atoms with Gasteiger partial charge in [-0.05, 0) is 28.8 Å². The first-order valence-electron chi connectivity index (χ1n) is 6.38. The Morgan fingerprint density at radius 1 is 1.42 bits per heavy atom. The van der Waals surface area contributed by atoms with Crippen LogP contribution in [0, 0.1) is 17.2 Å². The number of fused-ring (bicyclic) bond motifs is 1. The van der Waals surface area contributed by atoms with Crippen LogP contribution >= 0.6 is 15.9 Å². The molecular weight excluding hydrogens is 306 g/mol. The Labute approximate surface area is 119 Å². The Kier molecular flexibility index (Phi) is 3.49. The number of nitrogens with zero attached hydrogens (tertiary/aromatic N) is 4. The van der Waals surface area contributed by atoms with Crippen molar-refractivity contribution in [3.8, 4) is 6.07 Å². The van der Waals surface area contributed by atoms with Gasteiger partial charge in [-0.15, -0.1) is 0 Å². The van der Waals surface area contributed by atoms with Crippen molar-refractivity contribution in [1.29, 1.82) is 5.26 Å². The number of halogens is 1. The Hall–Kier alpha value is -1.45. The van der Waals surface area contributed by atoms with Crippen LogP contribution in [-0.2, 0) is 6.54 Å². The smallest absolute Gasteiger partial charge is 0.155 e. The molecule has 0 radical (unpaired) electrons. The zero-order valence-electron chi connectivity index (χ0n) is 10.4. The molecule has 5 nitrogen and oxygen atoms in total. The quantitative estimate of drug-likeness (QED) is 0.942. The highest BCUT2D eigenvalue weighted by atomic mass is 79.9. The third kappa shape index (κ3) is 2.48. The second kappa shape index (κ2) is 5.27. The molecule has 2 aromatic heterocycles. The first kappa shape index (κ1) is 12.6. The predicted octanol–water partition coefficient (Wildman–Crippen LogP) is 2.27. The van der Waals surface area contributed by atoms with Crippen molar-refractivity contribution in [3.05, 3.63) is 28.9 Å². The highest BCUT2D eigenvalue weighted by molar-refractivity contribution is 9.10. The molecule has 0 amide bonds. The molecule has 2 unspecified atom stereocenters. The van der Waals surface area contributed by atoms with Gasteiger partial charge in [0, 0.05) is 18.8 Å². The van der Waals surface area contributed by atoms with E-state index in [1.165, 1.54) is 0 Å². The topological polar surface area (TPSA) is 66.0 Å². The van der Waals surface area contributed by atoms with Crippen LogP contribution in [0.1, 0.15) is 25.0 Å². The fourth-order valence-electron chi connectivity index (χ4n) is 2.64. The van der Waals surface area contributed by atoms with Gasteiger partial charge in [0.15, 0.2) is 5.65 Å². The zero-order valence-corrected chi connectivity index (χ0v) is 12.0. The summed E-state index contributed by atoms with van der Waals surface area (Å²) >= 11 is 3.37. The van der Waals surface area contributed by atoms with E-state index in [2.05, 4.69) is 37.3 Å². The van der Waals surface area contributed by atoms with E-state index in [0.29, 0.717) is 6.04 Å². The summed E-state index contributed by atoms with van der Waals surface area (Å²) in [6.07, 6.45) is 8.74. The summed E-state index contributed by atoms with van der Waals surface area (Å²) in [6.45, 7) is 0.723. The van der Waals surface area contributed by atoms with Gasteiger partial charge in [0.1, 0.15) is 4.60 Å². The van der Waals surface area contributed by atoms with E-state index in [1.807, 2.05) is 16.8 Å². The van der Waals surface area contributed by atoms with Crippen molar-refractivity contribution in [2.45, 2.75) is 31.8 Å². The van der Waals surface area contributed by atoms with Gasteiger partial charge in [0.25, 0.3) is 0 Å². The lowest BCUT2D eigenvalue weighted by Gasteiger charge is -2.15. The average Bonchev–Trinajstić information content (AvgIpc) is 3.02. The number of aromatic nitrogens is 3. The maximum absolute atomic E-state index is 9.08. The molecule has 19 heavy (non-hydrogen) atoms. The number of nitriles is 1. The molecule has 0 saturated heterocycles. The van der Waals surface area contributed by atoms with Crippen LogP contribution in [0.4, 0.5) is 0 Å². The minimum Gasteiger partial charge on any atom is -0.307 e. The molecule has 1 fully saturated rings. The largest absolute Gasteiger partial charge is 0.307 e. The molecule has 98 valence electrons. The Balaban J connectivity index is 1.75. The summed E-state index contributed by atoms with van der Waals surface area (Å²) in [6, 6.07) is 2.69. The Bertz CT molecular complexity index is 629. The molecule has 3 rings (SSSR count). The first-order chi connectivity index (χ1) is 9.28. The summed E-state index contributed by atoms with van der Waals surface area (Å²) in [7, 11) is 0. The second-order valence-corrected chi connectivity index (χ2v) is 5.65. The van der Waals surface area contributed by atoms with Gasteiger partial charge in [-0.2, -0.15) is 5.26 Å². The highest BCUT2D eigenvalue weighted by Crippen LogP contribution is 2.25. The van der Waals surface area contributed by atoms with Crippen LogP contribution in [0.25, 0.3) is 5.65 Å². The van der Waals surface area contributed by atoms with Crippen molar-refractivity contribution in [2.24, 2.45) is 5.92 Å². The summed E-state index contributed by atoms with van der Waals surface area (Å²) in [5, 5.41) is 12.6. The van der Waals surface area contributed by atoms with Crippen molar-refractivity contribution in [3.63, 3.8) is 0 Å². The number of nitrogens with one attached hydrogen (secondary N) is 1. The third-order valence-electron chi connectivity index (χ3n) is 3.67. The van der Waals surface area contributed by atoms with E-state index in [9.17, 15) is 0 Å². The monoisotopic (exact) mass is 319 g/mol. The molecule has 1 aliphatic carbocycles. The average molecular weight is 320 g/mol. The van der Waals surface area contributed by atoms with Gasteiger partial charge >= 0.3 is 0 Å². The molecule has 0 aliphatic heterocycles. The molecule has 1 N–H and O–H groups in total. The first-order valence-corrected chi connectivity index (χ1v) is 7.17. The minimum atomic E-state index is 0.146. The van der Waals surface area contributed by atoms with E-state index in [1.54, 1.807) is 6.20 Å². The van der Waals surface area contributed by atoms with Crippen molar-refractivity contribution < 1.29 is 0 Å². The van der Waals surface area contributed by atoms with Crippen LogP contribution in [0.3, 0.4) is 0 Å². The molecule has 2 heterocycles. The van der Waals surface area contributed by atoms with E-state index < -0.39 is 0 Å². The lowest BCUT2D eigenvalue weighted by molar-refractivity contribution is 0.460. The van der Waals surface area contributed by atoms with Crippen LogP contribution in [0.5, 0.6) is 0 Å². The maximum Gasteiger partial charge on any atom is 0.155 e. The number of rotatable bonds is 3. The van der Waals surface area contributed by atoms with Gasteiger partial charge in [0.2, 0.25) is 0 Å². The summed E-state index contributed by atoms with van der Waals surface area (Å²) in [5.41, 5.74) is 1.92. The molecular formula is C13H14BrN5. The van der Waals surface area contributed by atoms with Crippen LogP contribution in [-0.4, -0.2) is 20.4 Å². The zero-order chi connectivity index (χ0) is 13.2. The Morgan fingerprint density at radius 2 is 2.32 bits per heavy atom. The van der Waals surface area contributed by atoms with E-state index in [4.69, 9.17) is 5.26 Å². The number of hydrogen-bond acceptors (Lipinski definition) is 4. The summed E-state index contributed by atoms with van der Waals surface area (Å²) < 4.78 is 2.80. The lowest BCUT2D eigenvalue weighted by atomic mass is 10.1. The predicted molar refractivity (Wildman–Crippen MR) is 74.3 cm³/mol. The molecule has 1 saturated carbocycles. The fraction of sp³-hybridized carbons (Fsp3) is 0.462. The van der Waals surface area contributed by atoms with Gasteiger partial charge in [0.05, 0.1) is 30.1 Å². The van der Waals surface area contributed by atoms with Crippen LogP contribution < -0.4 is 5.32 Å². The normalized spacial score (nSPS) is 22.7. The van der Waals surface area contributed by atoms with Gasteiger partial charge in [-0.3, -0.25) is 4.40 Å². The van der Waals surface area contributed by atoms with E-state index in [0.717, 1.165) is 41.8 Å². The van der Waals surface area contributed by atoms with Crippen molar-refractivity contribution in [1.82, 2.24) is 19.7 Å². The molecule has 2 atom stereocenters. The third-order valence-corrected chi connectivity index (χ3v) is 4.08. The van der Waals surface area contributed by atoms with Gasteiger partial charge in [-0.1, -0.05) is 6.42 Å². The molecule has 1 aliphatic rings. The maximum atomic E-state index is 9.08. The number of imidazole rings is 1. The van der Waals surface area contributed by atoms with E-state index in [-0.39, 0.29) is 5.92 Å². The van der Waals surface area contributed by atoms with Crippen LogP contribution in [0.15, 0.2) is 23.2 Å². The highest BCUT2D eigenvalue weighted by Gasteiger charge is 2.26. The molecule has 2 aromatic rings. The second-order valence-electron chi connectivity index (χ2n) is 4.84. The SMILES string of the molecule is N#CC1CCCC1NCc1cnc2cnc(Br)cn12. The summed E-state index contributed by atoms with van der Waals surface area (Å²) in [4.78, 5) is 8.47. The molecule has 0 aromatic carbocycles. The standard InChI is InChI=1S/C13H14BrN5/c14-12-8-19-10(6-18-13(19)7-17-12)5-16-11-3-1-2-9(11)4-15/h6-9,11,16H,1-3,5H2.